The molecular formula is C15H19N3O5. The molecule has 0 spiro atoms. The molecule has 0 radical (unpaired) electrons. The number of carbonyl (C=O) groups is 2. The minimum absolute atomic E-state index is 0.131. The molecule has 8 nitrogen and oxygen atoms in total. The van der Waals surface area contributed by atoms with Crippen LogP contribution in [0.3, 0.4) is 0 Å². The summed E-state index contributed by atoms with van der Waals surface area (Å²) in [6.07, 6.45) is 4.75. The summed E-state index contributed by atoms with van der Waals surface area (Å²) in [5, 5.41) is 15.5. The van der Waals surface area contributed by atoms with Gasteiger partial charge in [-0.15, -0.1) is 0 Å². The van der Waals surface area contributed by atoms with Crippen molar-refractivity contribution in [2.75, 3.05) is 6.54 Å². The molecule has 1 amide bonds. The van der Waals surface area contributed by atoms with E-state index in [9.17, 15) is 9.59 Å². The van der Waals surface area contributed by atoms with Gasteiger partial charge >= 0.3 is 5.97 Å². The van der Waals surface area contributed by atoms with Crippen LogP contribution in [0.25, 0.3) is 11.4 Å². The number of nitrogens with zero attached hydrogens (tertiary/aromatic N) is 2. The first-order chi connectivity index (χ1) is 11.1. The predicted molar refractivity (Wildman–Crippen MR) is 79.4 cm³/mol. The first-order valence-corrected chi connectivity index (χ1v) is 7.44. The van der Waals surface area contributed by atoms with E-state index in [-0.39, 0.29) is 18.9 Å². The molecule has 0 aromatic carbocycles. The fourth-order valence-corrected chi connectivity index (χ4v) is 2.07. The number of carboxylic acids is 1. The summed E-state index contributed by atoms with van der Waals surface area (Å²) < 4.78 is 10.0. The van der Waals surface area contributed by atoms with Crippen molar-refractivity contribution in [3.05, 3.63) is 24.5 Å². The van der Waals surface area contributed by atoms with E-state index < -0.39 is 11.9 Å². The summed E-state index contributed by atoms with van der Waals surface area (Å²) in [5.74, 6) is -0.938. The van der Waals surface area contributed by atoms with Gasteiger partial charge < -0.3 is 19.4 Å². The van der Waals surface area contributed by atoms with Gasteiger partial charge in [0.25, 0.3) is 0 Å². The average Bonchev–Trinajstić information content (AvgIpc) is 3.19. The summed E-state index contributed by atoms with van der Waals surface area (Å²) in [7, 11) is 0. The molecule has 2 rings (SSSR count). The molecule has 0 bridgehead atoms. The Morgan fingerprint density at radius 1 is 1.43 bits per heavy atom. The Morgan fingerprint density at radius 2 is 2.26 bits per heavy atom. The number of carbonyl (C=O) groups excluding carboxylic acids is 1. The average molecular weight is 321 g/mol. The largest absolute Gasteiger partial charge is 0.481 e. The number of hydrogen-bond donors (Lipinski definition) is 2. The van der Waals surface area contributed by atoms with Crippen molar-refractivity contribution in [3.63, 3.8) is 0 Å². The van der Waals surface area contributed by atoms with Crippen molar-refractivity contribution in [1.82, 2.24) is 15.5 Å². The second-order valence-corrected chi connectivity index (χ2v) is 5.15. The molecule has 0 aliphatic carbocycles. The number of amides is 1. The van der Waals surface area contributed by atoms with Crippen LogP contribution in [0.5, 0.6) is 0 Å². The zero-order valence-corrected chi connectivity index (χ0v) is 12.8. The van der Waals surface area contributed by atoms with Crippen LogP contribution in [-0.2, 0) is 16.0 Å². The molecule has 2 N–H and O–H groups in total. The molecule has 8 heteroatoms. The van der Waals surface area contributed by atoms with E-state index in [0.717, 1.165) is 6.42 Å². The fraction of sp³-hybridized carbons (Fsp3) is 0.467. The monoisotopic (exact) mass is 321 g/mol. The lowest BCUT2D eigenvalue weighted by molar-refractivity contribution is -0.141. The summed E-state index contributed by atoms with van der Waals surface area (Å²) in [4.78, 5) is 26.9. The Kier molecular flexibility index (Phi) is 5.90. The summed E-state index contributed by atoms with van der Waals surface area (Å²) in [6, 6.07) is 1.71. The number of aromatic nitrogens is 2. The lowest BCUT2D eigenvalue weighted by Crippen LogP contribution is -2.33. The van der Waals surface area contributed by atoms with E-state index >= 15 is 0 Å². The lowest BCUT2D eigenvalue weighted by atomic mass is 10.0. The number of rotatable bonds is 9. The van der Waals surface area contributed by atoms with Crippen LogP contribution in [0.15, 0.2) is 27.5 Å². The highest BCUT2D eigenvalue weighted by Gasteiger charge is 2.17. The molecule has 2 aromatic rings. The quantitative estimate of drug-likeness (QED) is 0.723. The highest BCUT2D eigenvalue weighted by molar-refractivity contribution is 5.77. The van der Waals surface area contributed by atoms with Gasteiger partial charge in [-0.2, -0.15) is 4.98 Å². The molecule has 124 valence electrons. The zero-order valence-electron chi connectivity index (χ0n) is 12.8. The van der Waals surface area contributed by atoms with Crippen LogP contribution in [0, 0.1) is 5.92 Å². The third-order valence-corrected chi connectivity index (χ3v) is 3.35. The van der Waals surface area contributed by atoms with Crippen LogP contribution < -0.4 is 5.32 Å². The van der Waals surface area contributed by atoms with Crippen LogP contribution in [0.4, 0.5) is 0 Å². The van der Waals surface area contributed by atoms with Gasteiger partial charge in [0.15, 0.2) is 0 Å². The maximum atomic E-state index is 11.8. The Bertz CT molecular complexity index is 635. The molecule has 1 atom stereocenters. The number of aryl methyl sites for hydroxylation is 1. The van der Waals surface area contributed by atoms with E-state index in [2.05, 4.69) is 15.5 Å². The molecule has 0 aliphatic rings. The van der Waals surface area contributed by atoms with Crippen LogP contribution in [0.2, 0.25) is 0 Å². The first kappa shape index (κ1) is 16.7. The summed E-state index contributed by atoms with van der Waals surface area (Å²) in [6.45, 7) is 2.04. The second kappa shape index (κ2) is 8.11. The molecule has 0 aliphatic heterocycles. The third kappa shape index (κ3) is 4.94. The van der Waals surface area contributed by atoms with E-state index in [4.69, 9.17) is 14.0 Å². The van der Waals surface area contributed by atoms with Crippen molar-refractivity contribution in [3.8, 4) is 11.4 Å². The van der Waals surface area contributed by atoms with Gasteiger partial charge in [-0.3, -0.25) is 9.59 Å². The normalized spacial score (nSPS) is 12.0. The molecule has 2 aromatic heterocycles. The van der Waals surface area contributed by atoms with Crippen molar-refractivity contribution >= 4 is 11.9 Å². The van der Waals surface area contributed by atoms with Crippen LogP contribution in [-0.4, -0.2) is 33.7 Å². The van der Waals surface area contributed by atoms with Crippen molar-refractivity contribution in [1.29, 1.82) is 0 Å². The summed E-state index contributed by atoms with van der Waals surface area (Å²) in [5.41, 5.74) is 0.702. The topological polar surface area (TPSA) is 118 Å². The second-order valence-electron chi connectivity index (χ2n) is 5.15. The highest BCUT2D eigenvalue weighted by Crippen LogP contribution is 2.16. The maximum absolute atomic E-state index is 11.8. The van der Waals surface area contributed by atoms with Gasteiger partial charge in [-0.05, 0) is 12.5 Å². The molecule has 0 saturated carbocycles. The van der Waals surface area contributed by atoms with Gasteiger partial charge in [0.1, 0.15) is 6.26 Å². The Balaban J connectivity index is 1.77. The number of carboxylic acid groups (broad SMARTS) is 1. The van der Waals surface area contributed by atoms with Crippen LogP contribution in [0.1, 0.15) is 32.1 Å². The molecule has 23 heavy (non-hydrogen) atoms. The maximum Gasteiger partial charge on any atom is 0.308 e. The lowest BCUT2D eigenvalue weighted by Gasteiger charge is -2.11. The van der Waals surface area contributed by atoms with Gasteiger partial charge in [0, 0.05) is 19.4 Å². The van der Waals surface area contributed by atoms with Crippen molar-refractivity contribution in [2.45, 2.75) is 32.6 Å². The van der Waals surface area contributed by atoms with E-state index in [1.807, 2.05) is 6.92 Å². The van der Waals surface area contributed by atoms with Gasteiger partial charge in [-0.25, -0.2) is 0 Å². The fourth-order valence-electron chi connectivity index (χ4n) is 2.07. The number of aliphatic carboxylic acids is 1. The summed E-state index contributed by atoms with van der Waals surface area (Å²) >= 11 is 0. The SMILES string of the molecule is CCCC(CNC(=O)CCc1nc(-c2ccoc2)no1)C(=O)O. The van der Waals surface area contributed by atoms with E-state index in [0.29, 0.717) is 30.1 Å². The number of hydrogen-bond acceptors (Lipinski definition) is 6. The van der Waals surface area contributed by atoms with Crippen LogP contribution >= 0.6 is 0 Å². The van der Waals surface area contributed by atoms with Crippen molar-refractivity contribution in [2.24, 2.45) is 5.92 Å². The number of furan rings is 1. The first-order valence-electron chi connectivity index (χ1n) is 7.44. The van der Waals surface area contributed by atoms with Crippen molar-refractivity contribution < 1.29 is 23.6 Å². The van der Waals surface area contributed by atoms with Gasteiger partial charge in [-0.1, -0.05) is 18.5 Å². The van der Waals surface area contributed by atoms with E-state index in [1.165, 1.54) is 12.5 Å². The molecule has 0 fully saturated rings. The minimum Gasteiger partial charge on any atom is -0.481 e. The minimum atomic E-state index is -0.895. The Morgan fingerprint density at radius 3 is 2.91 bits per heavy atom. The van der Waals surface area contributed by atoms with E-state index in [1.54, 1.807) is 6.07 Å². The van der Waals surface area contributed by atoms with Gasteiger partial charge in [0.05, 0.1) is 17.7 Å². The smallest absolute Gasteiger partial charge is 0.308 e. The standard InChI is InChI=1S/C15H19N3O5/c1-2-3-10(15(20)21)8-16-12(19)4-5-13-17-14(18-23-13)11-6-7-22-9-11/h6-7,9-10H,2-5,8H2,1H3,(H,16,19)(H,20,21). The highest BCUT2D eigenvalue weighted by atomic mass is 16.5. The third-order valence-electron chi connectivity index (χ3n) is 3.35. The Hall–Kier alpha value is -2.64. The van der Waals surface area contributed by atoms with Gasteiger partial charge in [0.2, 0.25) is 17.6 Å². The molecule has 0 saturated heterocycles. The Labute approximate surface area is 132 Å². The molecule has 1 unspecified atom stereocenters. The number of nitrogens with one attached hydrogen (secondary N) is 1. The molecular weight excluding hydrogens is 302 g/mol. The molecule has 2 heterocycles. The zero-order chi connectivity index (χ0) is 16.7. The predicted octanol–water partition coefficient (Wildman–Crippen LogP) is 1.88.